The fraction of sp³-hybridized carbons (Fsp3) is 0.200. The largest absolute Gasteiger partial charge is 0.496 e. The van der Waals surface area contributed by atoms with E-state index >= 15 is 0 Å². The Morgan fingerprint density at radius 1 is 1.15 bits per heavy atom. The number of imidazole rings is 1. The number of ether oxygens (including phenoxy) is 1. The maximum atomic E-state index is 12.5. The molecule has 134 valence electrons. The van der Waals surface area contributed by atoms with Crippen molar-refractivity contribution in [2.45, 2.75) is 12.6 Å². The summed E-state index contributed by atoms with van der Waals surface area (Å²) in [6, 6.07) is 16.8. The lowest BCUT2D eigenvalue weighted by Gasteiger charge is -2.19. The first-order valence-electron chi connectivity index (χ1n) is 8.37. The topological polar surface area (TPSA) is 68.2 Å². The number of amides is 2. The second kappa shape index (κ2) is 8.20. The lowest BCUT2D eigenvalue weighted by molar-refractivity contribution is 0.237. The molecule has 0 saturated carbocycles. The number of benzene rings is 2. The zero-order chi connectivity index (χ0) is 18.4. The van der Waals surface area contributed by atoms with E-state index in [-0.39, 0.29) is 12.1 Å². The lowest BCUT2D eigenvalue weighted by atomic mass is 10.1. The summed E-state index contributed by atoms with van der Waals surface area (Å²) >= 11 is 0. The van der Waals surface area contributed by atoms with Gasteiger partial charge in [-0.2, -0.15) is 0 Å². The van der Waals surface area contributed by atoms with Crippen LogP contribution in [0.3, 0.4) is 0 Å². The highest BCUT2D eigenvalue weighted by molar-refractivity contribution is 5.75. The van der Waals surface area contributed by atoms with E-state index in [4.69, 9.17) is 4.74 Å². The van der Waals surface area contributed by atoms with E-state index in [1.807, 2.05) is 72.4 Å². The highest BCUT2D eigenvalue weighted by Gasteiger charge is 2.20. The van der Waals surface area contributed by atoms with Gasteiger partial charge < -0.3 is 19.9 Å². The van der Waals surface area contributed by atoms with Crippen LogP contribution in [-0.4, -0.2) is 22.7 Å². The van der Waals surface area contributed by atoms with Gasteiger partial charge in [-0.3, -0.25) is 0 Å². The molecule has 3 rings (SSSR count). The molecule has 3 aromatic rings. The molecule has 0 aliphatic rings. The first-order chi connectivity index (χ1) is 12.7. The molecule has 1 heterocycles. The van der Waals surface area contributed by atoms with Crippen LogP contribution in [0.1, 0.15) is 23.0 Å². The normalized spacial score (nSPS) is 11.6. The average Bonchev–Trinajstić information content (AvgIpc) is 3.11. The number of hydrogen-bond acceptors (Lipinski definition) is 3. The zero-order valence-electron chi connectivity index (χ0n) is 14.8. The minimum atomic E-state index is -0.339. The van der Waals surface area contributed by atoms with Gasteiger partial charge in [0, 0.05) is 31.5 Å². The van der Waals surface area contributed by atoms with E-state index in [0.29, 0.717) is 6.54 Å². The maximum absolute atomic E-state index is 12.5. The summed E-state index contributed by atoms with van der Waals surface area (Å²) in [5, 5.41) is 5.90. The minimum absolute atomic E-state index is 0.271. The zero-order valence-corrected chi connectivity index (χ0v) is 14.8. The fourth-order valence-corrected chi connectivity index (χ4v) is 2.80. The molecular weight excluding hydrogens is 328 g/mol. The van der Waals surface area contributed by atoms with Crippen molar-refractivity contribution in [2.24, 2.45) is 7.05 Å². The molecular formula is C20H22N4O2. The van der Waals surface area contributed by atoms with Gasteiger partial charge in [-0.1, -0.05) is 48.5 Å². The van der Waals surface area contributed by atoms with Gasteiger partial charge in [0.25, 0.3) is 0 Å². The van der Waals surface area contributed by atoms with Crippen molar-refractivity contribution in [3.63, 3.8) is 0 Å². The van der Waals surface area contributed by atoms with Crippen LogP contribution in [0, 0.1) is 0 Å². The van der Waals surface area contributed by atoms with E-state index < -0.39 is 0 Å². The molecule has 0 fully saturated rings. The first-order valence-corrected chi connectivity index (χ1v) is 8.37. The van der Waals surface area contributed by atoms with Gasteiger partial charge in [-0.15, -0.1) is 0 Å². The Kier molecular flexibility index (Phi) is 5.53. The van der Waals surface area contributed by atoms with Crippen LogP contribution < -0.4 is 15.4 Å². The summed E-state index contributed by atoms with van der Waals surface area (Å²) in [5.41, 5.74) is 1.88. The quantitative estimate of drug-likeness (QED) is 0.718. The highest BCUT2D eigenvalue weighted by Crippen LogP contribution is 2.20. The Morgan fingerprint density at radius 2 is 1.88 bits per heavy atom. The molecule has 2 N–H and O–H groups in total. The van der Waals surface area contributed by atoms with Gasteiger partial charge in [-0.05, 0) is 11.6 Å². The molecule has 2 amide bonds. The summed E-state index contributed by atoms with van der Waals surface area (Å²) in [6.07, 6.45) is 3.58. The molecule has 0 unspecified atom stereocenters. The number of nitrogens with one attached hydrogen (secondary N) is 2. The molecule has 0 spiro atoms. The highest BCUT2D eigenvalue weighted by atomic mass is 16.5. The van der Waals surface area contributed by atoms with E-state index in [1.54, 1.807) is 13.3 Å². The molecule has 2 aromatic carbocycles. The Bertz CT molecular complexity index is 861. The third-order valence-corrected chi connectivity index (χ3v) is 4.16. The number of carbonyl (C=O) groups excluding carboxylic acids is 1. The summed E-state index contributed by atoms with van der Waals surface area (Å²) in [4.78, 5) is 16.9. The van der Waals surface area contributed by atoms with Crippen LogP contribution in [0.4, 0.5) is 4.79 Å². The van der Waals surface area contributed by atoms with Gasteiger partial charge >= 0.3 is 6.03 Å². The number of methoxy groups -OCH3 is 1. The number of urea groups is 1. The van der Waals surface area contributed by atoms with Gasteiger partial charge in [0.2, 0.25) is 0 Å². The monoisotopic (exact) mass is 350 g/mol. The van der Waals surface area contributed by atoms with Gasteiger partial charge in [0.15, 0.2) is 0 Å². The third-order valence-electron chi connectivity index (χ3n) is 4.16. The second-order valence-corrected chi connectivity index (χ2v) is 5.88. The van der Waals surface area contributed by atoms with Crippen molar-refractivity contribution >= 4 is 6.03 Å². The first kappa shape index (κ1) is 17.5. The molecule has 0 radical (unpaired) electrons. The predicted octanol–water partition coefficient (Wildman–Crippen LogP) is 3.02. The van der Waals surface area contributed by atoms with Crippen LogP contribution in [-0.2, 0) is 13.6 Å². The smallest absolute Gasteiger partial charge is 0.315 e. The van der Waals surface area contributed by atoms with Crippen LogP contribution >= 0.6 is 0 Å². The summed E-state index contributed by atoms with van der Waals surface area (Å²) in [6.45, 7) is 0.373. The molecule has 26 heavy (non-hydrogen) atoms. The molecule has 6 nitrogen and oxygen atoms in total. The lowest BCUT2D eigenvalue weighted by Crippen LogP contribution is -2.39. The van der Waals surface area contributed by atoms with Crippen LogP contribution in [0.15, 0.2) is 67.0 Å². The second-order valence-electron chi connectivity index (χ2n) is 5.88. The van der Waals surface area contributed by atoms with Crippen LogP contribution in [0.5, 0.6) is 5.75 Å². The molecule has 0 aliphatic heterocycles. The SMILES string of the molecule is COc1ccccc1CNC(=O)N[C@H](c1ccccc1)c1nccn1C. The Hall–Kier alpha value is -3.28. The molecule has 1 aromatic heterocycles. The fourth-order valence-electron chi connectivity index (χ4n) is 2.80. The van der Waals surface area contributed by atoms with E-state index in [2.05, 4.69) is 15.6 Å². The van der Waals surface area contributed by atoms with Gasteiger partial charge in [-0.25, -0.2) is 9.78 Å². The molecule has 0 bridgehead atoms. The molecule has 1 atom stereocenters. The van der Waals surface area contributed by atoms with Crippen molar-refractivity contribution in [1.82, 2.24) is 20.2 Å². The number of para-hydroxylation sites is 1. The number of rotatable bonds is 6. The molecule has 6 heteroatoms. The van der Waals surface area contributed by atoms with E-state index in [1.165, 1.54) is 0 Å². The summed E-state index contributed by atoms with van der Waals surface area (Å²) in [5.74, 6) is 1.51. The average molecular weight is 350 g/mol. The maximum Gasteiger partial charge on any atom is 0.315 e. The minimum Gasteiger partial charge on any atom is -0.496 e. The Balaban J connectivity index is 1.73. The number of aryl methyl sites for hydroxylation is 1. The van der Waals surface area contributed by atoms with E-state index in [9.17, 15) is 4.79 Å². The number of carbonyl (C=O) groups is 1. The van der Waals surface area contributed by atoms with Crippen molar-refractivity contribution < 1.29 is 9.53 Å². The molecule has 0 aliphatic carbocycles. The number of hydrogen-bond donors (Lipinski definition) is 2. The number of aromatic nitrogens is 2. The van der Waals surface area contributed by atoms with Crippen LogP contribution in [0.2, 0.25) is 0 Å². The number of nitrogens with zero attached hydrogens (tertiary/aromatic N) is 2. The Morgan fingerprint density at radius 3 is 2.58 bits per heavy atom. The van der Waals surface area contributed by atoms with Gasteiger partial charge in [0.1, 0.15) is 17.6 Å². The predicted molar refractivity (Wildman–Crippen MR) is 99.9 cm³/mol. The van der Waals surface area contributed by atoms with Crippen LogP contribution in [0.25, 0.3) is 0 Å². The van der Waals surface area contributed by atoms with Crippen molar-refractivity contribution in [1.29, 1.82) is 0 Å². The van der Waals surface area contributed by atoms with Crippen molar-refractivity contribution in [2.75, 3.05) is 7.11 Å². The van der Waals surface area contributed by atoms with Crippen molar-refractivity contribution in [3.05, 3.63) is 83.9 Å². The standard InChI is InChI=1S/C20H22N4O2/c1-24-13-12-21-19(24)18(15-8-4-3-5-9-15)23-20(25)22-14-16-10-6-7-11-17(16)26-2/h3-13,18H,14H2,1-2H3,(H2,22,23,25)/t18-/m1/s1. The van der Waals surface area contributed by atoms with Gasteiger partial charge in [0.05, 0.1) is 7.11 Å². The van der Waals surface area contributed by atoms with Crippen molar-refractivity contribution in [3.8, 4) is 5.75 Å². The molecule has 0 saturated heterocycles. The van der Waals surface area contributed by atoms with E-state index in [0.717, 1.165) is 22.7 Å². The Labute approximate surface area is 152 Å². The third kappa shape index (κ3) is 4.03. The summed E-state index contributed by atoms with van der Waals surface area (Å²) < 4.78 is 7.22. The summed E-state index contributed by atoms with van der Waals surface area (Å²) in [7, 11) is 3.53.